The number of nitrogens with one attached hydrogen (secondary N) is 2. The molecule has 32 heavy (non-hydrogen) atoms. The van der Waals surface area contributed by atoms with Gasteiger partial charge in [0.25, 0.3) is 0 Å². The number of carbonyl (C=O) groups excluding carboxylic acids is 1. The average molecular weight is 434 g/mol. The van der Waals surface area contributed by atoms with E-state index in [1.807, 2.05) is 11.0 Å². The summed E-state index contributed by atoms with van der Waals surface area (Å²) >= 11 is 0. The summed E-state index contributed by atoms with van der Waals surface area (Å²) in [6.45, 7) is 6.51. The SMILES string of the molecule is CN=C(NCC1CC(=O)N(CCc2ccccc2)C1)NCC(C)N1CCc2ccccc21. The molecule has 1 fully saturated rings. The third-order valence-corrected chi connectivity index (χ3v) is 6.61. The van der Waals surface area contributed by atoms with E-state index < -0.39 is 0 Å². The monoisotopic (exact) mass is 433 g/mol. The van der Waals surface area contributed by atoms with E-state index in [1.165, 1.54) is 16.8 Å². The van der Waals surface area contributed by atoms with Gasteiger partial charge in [-0.25, -0.2) is 0 Å². The standard InChI is InChI=1S/C26H35N5O/c1-20(31-15-13-23-10-6-7-11-24(23)31)17-28-26(27-2)29-18-22-16-25(32)30(19-22)14-12-21-8-4-3-5-9-21/h3-11,20,22H,12-19H2,1-2H3,(H2,27,28,29). The molecule has 2 unspecified atom stereocenters. The molecule has 0 radical (unpaired) electrons. The zero-order chi connectivity index (χ0) is 22.3. The molecular weight excluding hydrogens is 398 g/mol. The molecule has 0 saturated carbocycles. The van der Waals surface area contributed by atoms with Crippen molar-refractivity contribution >= 4 is 17.6 Å². The number of hydrogen-bond donors (Lipinski definition) is 2. The van der Waals surface area contributed by atoms with Crippen LogP contribution in [0.2, 0.25) is 0 Å². The first kappa shape index (κ1) is 22.2. The highest BCUT2D eigenvalue weighted by atomic mass is 16.2. The molecule has 4 rings (SSSR count). The fraction of sp³-hybridized carbons (Fsp3) is 0.462. The van der Waals surface area contributed by atoms with E-state index in [0.29, 0.717) is 18.4 Å². The van der Waals surface area contributed by atoms with Gasteiger partial charge < -0.3 is 20.4 Å². The van der Waals surface area contributed by atoms with Crippen molar-refractivity contribution in [2.24, 2.45) is 10.9 Å². The second-order valence-corrected chi connectivity index (χ2v) is 8.90. The number of nitrogens with zero attached hydrogens (tertiary/aromatic N) is 3. The highest BCUT2D eigenvalue weighted by Crippen LogP contribution is 2.28. The molecule has 2 aromatic rings. The van der Waals surface area contributed by atoms with E-state index in [0.717, 1.165) is 51.5 Å². The Hall–Kier alpha value is -3.02. The number of anilines is 1. The van der Waals surface area contributed by atoms with Gasteiger partial charge in [0.2, 0.25) is 5.91 Å². The van der Waals surface area contributed by atoms with Gasteiger partial charge in [0.1, 0.15) is 0 Å². The molecule has 0 aromatic heterocycles. The molecule has 0 spiro atoms. The number of rotatable bonds is 8. The lowest BCUT2D eigenvalue weighted by atomic mass is 10.1. The molecule has 6 heteroatoms. The molecule has 1 saturated heterocycles. The summed E-state index contributed by atoms with van der Waals surface area (Å²) in [5.41, 5.74) is 4.07. The van der Waals surface area contributed by atoms with Crippen LogP contribution in [0, 0.1) is 5.92 Å². The number of para-hydroxylation sites is 1. The first-order chi connectivity index (χ1) is 15.6. The predicted octanol–water partition coefficient (Wildman–Crippen LogP) is 2.69. The fourth-order valence-corrected chi connectivity index (χ4v) is 4.75. The molecule has 2 aliphatic heterocycles. The van der Waals surface area contributed by atoms with Crippen LogP contribution in [0.3, 0.4) is 0 Å². The van der Waals surface area contributed by atoms with Gasteiger partial charge in [0, 0.05) is 63.8 Å². The van der Waals surface area contributed by atoms with Crippen LogP contribution in [0.25, 0.3) is 0 Å². The van der Waals surface area contributed by atoms with Gasteiger partial charge in [0.05, 0.1) is 0 Å². The van der Waals surface area contributed by atoms with Gasteiger partial charge in [0.15, 0.2) is 5.96 Å². The number of hydrogen-bond acceptors (Lipinski definition) is 3. The van der Waals surface area contributed by atoms with Crippen LogP contribution in [0.5, 0.6) is 0 Å². The summed E-state index contributed by atoms with van der Waals surface area (Å²) in [6, 6.07) is 19.4. The Balaban J connectivity index is 1.20. The fourth-order valence-electron chi connectivity index (χ4n) is 4.75. The third-order valence-electron chi connectivity index (χ3n) is 6.61. The minimum atomic E-state index is 0.261. The largest absolute Gasteiger partial charge is 0.366 e. The number of guanidine groups is 1. The Morgan fingerprint density at radius 3 is 2.72 bits per heavy atom. The maximum absolute atomic E-state index is 12.4. The van der Waals surface area contributed by atoms with Crippen LogP contribution in [0.1, 0.15) is 24.5 Å². The number of aliphatic imine (C=N–C) groups is 1. The van der Waals surface area contributed by atoms with E-state index in [4.69, 9.17) is 0 Å². The van der Waals surface area contributed by atoms with Crippen molar-refractivity contribution in [1.82, 2.24) is 15.5 Å². The van der Waals surface area contributed by atoms with Crippen LogP contribution >= 0.6 is 0 Å². The first-order valence-corrected chi connectivity index (χ1v) is 11.7. The van der Waals surface area contributed by atoms with Crippen LogP contribution in [-0.2, 0) is 17.6 Å². The van der Waals surface area contributed by atoms with Crippen molar-refractivity contribution in [3.05, 3.63) is 65.7 Å². The number of likely N-dealkylation sites (tertiary alicyclic amines) is 1. The Kier molecular flexibility index (Phi) is 7.30. The normalized spacial score (nSPS) is 19.2. The van der Waals surface area contributed by atoms with E-state index in [9.17, 15) is 4.79 Å². The van der Waals surface area contributed by atoms with Crippen molar-refractivity contribution in [2.75, 3.05) is 44.7 Å². The minimum Gasteiger partial charge on any atom is -0.366 e. The zero-order valence-corrected chi connectivity index (χ0v) is 19.3. The van der Waals surface area contributed by atoms with Crippen molar-refractivity contribution in [3.63, 3.8) is 0 Å². The van der Waals surface area contributed by atoms with Crippen LogP contribution < -0.4 is 15.5 Å². The highest BCUT2D eigenvalue weighted by Gasteiger charge is 2.29. The van der Waals surface area contributed by atoms with E-state index in [1.54, 1.807) is 7.05 Å². The summed E-state index contributed by atoms with van der Waals surface area (Å²) in [4.78, 5) is 21.3. The molecule has 170 valence electrons. The number of amides is 1. The van der Waals surface area contributed by atoms with Gasteiger partial charge in [-0.3, -0.25) is 9.79 Å². The molecule has 0 aliphatic carbocycles. The maximum Gasteiger partial charge on any atom is 0.223 e. The van der Waals surface area contributed by atoms with Crippen LogP contribution in [0.4, 0.5) is 5.69 Å². The smallest absolute Gasteiger partial charge is 0.223 e. The molecule has 6 nitrogen and oxygen atoms in total. The van der Waals surface area contributed by atoms with E-state index in [2.05, 4.69) is 76.0 Å². The van der Waals surface area contributed by atoms with Crippen LogP contribution in [0.15, 0.2) is 59.6 Å². The zero-order valence-electron chi connectivity index (χ0n) is 19.3. The number of benzene rings is 2. The summed E-state index contributed by atoms with van der Waals surface area (Å²) in [5, 5.41) is 6.90. The third kappa shape index (κ3) is 5.42. The number of fused-ring (bicyclic) bond motifs is 1. The first-order valence-electron chi connectivity index (χ1n) is 11.7. The van der Waals surface area contributed by atoms with Gasteiger partial charge in [-0.1, -0.05) is 48.5 Å². The Labute approximate surface area is 191 Å². The summed E-state index contributed by atoms with van der Waals surface area (Å²) in [7, 11) is 1.80. The van der Waals surface area contributed by atoms with Crippen molar-refractivity contribution in [2.45, 2.75) is 32.2 Å². The van der Waals surface area contributed by atoms with Gasteiger partial charge >= 0.3 is 0 Å². The Morgan fingerprint density at radius 1 is 1.12 bits per heavy atom. The maximum atomic E-state index is 12.4. The number of carbonyl (C=O) groups is 1. The van der Waals surface area contributed by atoms with Crippen molar-refractivity contribution in [3.8, 4) is 0 Å². The van der Waals surface area contributed by atoms with Gasteiger partial charge in [-0.05, 0) is 37.0 Å². The van der Waals surface area contributed by atoms with Crippen molar-refractivity contribution in [1.29, 1.82) is 0 Å². The quantitative estimate of drug-likeness (QED) is 0.496. The van der Waals surface area contributed by atoms with E-state index in [-0.39, 0.29) is 5.91 Å². The summed E-state index contributed by atoms with van der Waals surface area (Å²) < 4.78 is 0. The highest BCUT2D eigenvalue weighted by molar-refractivity contribution is 5.81. The average Bonchev–Trinajstić information content (AvgIpc) is 3.41. The summed E-state index contributed by atoms with van der Waals surface area (Å²) in [5.74, 6) is 1.39. The lowest BCUT2D eigenvalue weighted by Gasteiger charge is -2.28. The second-order valence-electron chi connectivity index (χ2n) is 8.90. The molecule has 2 atom stereocenters. The van der Waals surface area contributed by atoms with Crippen LogP contribution in [-0.4, -0.2) is 62.6 Å². The van der Waals surface area contributed by atoms with Crippen molar-refractivity contribution < 1.29 is 4.79 Å². The predicted molar refractivity (Wildman–Crippen MR) is 131 cm³/mol. The summed E-state index contributed by atoms with van der Waals surface area (Å²) in [6.07, 6.45) is 2.64. The van der Waals surface area contributed by atoms with Gasteiger partial charge in [-0.2, -0.15) is 0 Å². The topological polar surface area (TPSA) is 60.0 Å². The Morgan fingerprint density at radius 2 is 1.91 bits per heavy atom. The van der Waals surface area contributed by atoms with E-state index >= 15 is 0 Å². The minimum absolute atomic E-state index is 0.261. The molecule has 2 N–H and O–H groups in total. The molecule has 2 aliphatic rings. The lowest BCUT2D eigenvalue weighted by Crippen LogP contribution is -2.46. The van der Waals surface area contributed by atoms with Gasteiger partial charge in [-0.15, -0.1) is 0 Å². The molecule has 1 amide bonds. The molecule has 2 aromatic carbocycles. The molecular formula is C26H35N5O. The lowest BCUT2D eigenvalue weighted by molar-refractivity contribution is -0.127. The molecule has 2 heterocycles. The Bertz CT molecular complexity index is 929. The molecule has 0 bridgehead atoms. The second kappa shape index (κ2) is 10.5.